The number of sulfonamides is 1. The number of amides is 1. The summed E-state index contributed by atoms with van der Waals surface area (Å²) in [6.07, 6.45) is 1.08. The Kier molecular flexibility index (Phi) is 5.22. The van der Waals surface area contributed by atoms with E-state index in [4.69, 9.17) is 4.42 Å². The first kappa shape index (κ1) is 17.2. The van der Waals surface area contributed by atoms with Crippen LogP contribution in [0.5, 0.6) is 0 Å². The molecule has 1 amide bonds. The lowest BCUT2D eigenvalue weighted by Crippen LogP contribution is -2.18. The number of carbonyl (C=O) groups is 1. The van der Waals surface area contributed by atoms with Crippen molar-refractivity contribution in [3.63, 3.8) is 0 Å². The lowest BCUT2D eigenvalue weighted by Gasteiger charge is -2.05. The number of nitrogens with zero attached hydrogens (tertiary/aromatic N) is 1. The van der Waals surface area contributed by atoms with Crippen LogP contribution in [-0.2, 0) is 10.0 Å². The summed E-state index contributed by atoms with van der Waals surface area (Å²) in [6.45, 7) is 1.72. The summed E-state index contributed by atoms with van der Waals surface area (Å²) in [5.41, 5.74) is 4.14. The van der Waals surface area contributed by atoms with Crippen molar-refractivity contribution >= 4 is 43.3 Å². The fraction of sp³-hybridized carbons (Fsp3) is 0.143. The monoisotopic (exact) mass is 399 g/mol. The maximum Gasteiger partial charge on any atom is 0.307 e. The summed E-state index contributed by atoms with van der Waals surface area (Å²) >= 11 is 3.11. The molecule has 2 aromatic rings. The third-order valence-electron chi connectivity index (χ3n) is 2.73. The summed E-state index contributed by atoms with van der Waals surface area (Å²) in [5.74, 6) is -0.327. The van der Waals surface area contributed by atoms with Crippen LogP contribution >= 0.6 is 15.9 Å². The number of benzene rings is 1. The Balaban J connectivity index is 2.04. The highest BCUT2D eigenvalue weighted by Gasteiger charge is 2.09. The molecule has 0 atom stereocenters. The summed E-state index contributed by atoms with van der Waals surface area (Å²) in [6, 6.07) is 9.75. The molecule has 1 aromatic heterocycles. The maximum atomic E-state index is 11.8. The fourth-order valence-electron chi connectivity index (χ4n) is 1.68. The Morgan fingerprint density at radius 2 is 1.83 bits per heavy atom. The van der Waals surface area contributed by atoms with Crippen LogP contribution < -0.4 is 10.1 Å². The van der Waals surface area contributed by atoms with Gasteiger partial charge in [0.05, 0.1) is 12.0 Å². The Hall–Kier alpha value is -2.13. The average molecular weight is 400 g/mol. The Labute approximate surface area is 141 Å². The highest BCUT2D eigenvalue weighted by Crippen LogP contribution is 2.14. The molecule has 2 rings (SSSR count). The summed E-state index contributed by atoms with van der Waals surface area (Å²) < 4.78 is 30.2. The molecule has 23 heavy (non-hydrogen) atoms. The molecular weight excluding hydrogens is 386 g/mol. The fourth-order valence-corrected chi connectivity index (χ4v) is 2.55. The van der Waals surface area contributed by atoms with Crippen molar-refractivity contribution in [2.45, 2.75) is 6.92 Å². The first-order chi connectivity index (χ1) is 10.7. The summed E-state index contributed by atoms with van der Waals surface area (Å²) in [4.78, 5) is 11.8. The second-order valence-electron chi connectivity index (χ2n) is 4.69. The second-order valence-corrected chi connectivity index (χ2v) is 7.22. The Morgan fingerprint density at radius 1 is 1.17 bits per heavy atom. The van der Waals surface area contributed by atoms with E-state index >= 15 is 0 Å². The normalized spacial score (nSPS) is 12.0. The molecular formula is C14H14BrN3O4S. The molecule has 0 unspecified atom stereocenters. The minimum absolute atomic E-state index is 0.140. The third kappa shape index (κ3) is 5.22. The minimum Gasteiger partial charge on any atom is -0.444 e. The van der Waals surface area contributed by atoms with E-state index in [9.17, 15) is 13.2 Å². The van der Waals surface area contributed by atoms with Gasteiger partial charge in [-0.25, -0.2) is 13.8 Å². The molecule has 7 nitrogen and oxygen atoms in total. The van der Waals surface area contributed by atoms with Gasteiger partial charge in [0.1, 0.15) is 0 Å². The van der Waals surface area contributed by atoms with Crippen molar-refractivity contribution in [2.24, 2.45) is 5.10 Å². The average Bonchev–Trinajstić information content (AvgIpc) is 2.90. The SMILES string of the molecule is CC(=NNC(=O)c1ccc(Br)o1)c1ccc(NS(C)(=O)=O)cc1. The molecule has 1 aromatic carbocycles. The predicted octanol–water partition coefficient (Wildman–Crippen LogP) is 2.57. The number of nitrogens with one attached hydrogen (secondary N) is 2. The van der Waals surface area contributed by atoms with Crippen LogP contribution in [0.3, 0.4) is 0 Å². The standard InChI is InChI=1S/C14H14BrN3O4S/c1-9(16-17-14(19)12-7-8-13(15)22-12)10-3-5-11(6-4-10)18-23(2,20)21/h3-8,18H,1-2H3,(H,17,19). The highest BCUT2D eigenvalue weighted by molar-refractivity contribution is 9.10. The van der Waals surface area contributed by atoms with Crippen molar-refractivity contribution in [1.82, 2.24) is 5.43 Å². The number of rotatable bonds is 5. The van der Waals surface area contributed by atoms with Crippen LogP contribution in [-0.4, -0.2) is 26.3 Å². The Bertz CT molecular complexity index is 841. The lowest BCUT2D eigenvalue weighted by molar-refractivity contribution is 0.0926. The Morgan fingerprint density at radius 3 is 2.35 bits per heavy atom. The zero-order valence-electron chi connectivity index (χ0n) is 12.3. The quantitative estimate of drug-likeness (QED) is 0.595. The van der Waals surface area contributed by atoms with Gasteiger partial charge in [0.15, 0.2) is 10.4 Å². The van der Waals surface area contributed by atoms with Gasteiger partial charge in [-0.05, 0) is 52.7 Å². The number of furan rings is 1. The molecule has 9 heteroatoms. The van der Waals surface area contributed by atoms with Gasteiger partial charge in [0.2, 0.25) is 10.0 Å². The van der Waals surface area contributed by atoms with Crippen molar-refractivity contribution in [2.75, 3.05) is 11.0 Å². The third-order valence-corrected chi connectivity index (χ3v) is 3.76. The molecule has 0 fully saturated rings. The van der Waals surface area contributed by atoms with Gasteiger partial charge in [-0.1, -0.05) is 12.1 Å². The molecule has 122 valence electrons. The largest absolute Gasteiger partial charge is 0.444 e. The molecule has 2 N–H and O–H groups in total. The van der Waals surface area contributed by atoms with Gasteiger partial charge in [-0.2, -0.15) is 5.10 Å². The molecule has 0 aliphatic rings. The summed E-state index contributed by atoms with van der Waals surface area (Å²) in [5, 5.41) is 3.99. The smallest absolute Gasteiger partial charge is 0.307 e. The molecule has 0 saturated heterocycles. The zero-order chi connectivity index (χ0) is 17.0. The topological polar surface area (TPSA) is 101 Å². The molecule has 0 saturated carbocycles. The molecule has 0 bridgehead atoms. The second kappa shape index (κ2) is 6.97. The van der Waals surface area contributed by atoms with E-state index in [0.717, 1.165) is 11.8 Å². The number of hydrazone groups is 1. The van der Waals surface area contributed by atoms with Crippen molar-refractivity contribution in [3.05, 3.63) is 52.4 Å². The molecule has 1 heterocycles. The van der Waals surface area contributed by atoms with Crippen molar-refractivity contribution in [1.29, 1.82) is 0 Å². The van der Waals surface area contributed by atoms with E-state index in [0.29, 0.717) is 16.1 Å². The van der Waals surface area contributed by atoms with Crippen LogP contribution in [0.2, 0.25) is 0 Å². The van der Waals surface area contributed by atoms with Gasteiger partial charge in [0.25, 0.3) is 0 Å². The van der Waals surface area contributed by atoms with Crippen LogP contribution in [0.15, 0.2) is 50.6 Å². The van der Waals surface area contributed by atoms with E-state index in [-0.39, 0.29) is 5.76 Å². The van der Waals surface area contributed by atoms with Gasteiger partial charge in [-0.15, -0.1) is 0 Å². The van der Waals surface area contributed by atoms with Crippen LogP contribution in [0.4, 0.5) is 5.69 Å². The molecule has 0 aliphatic heterocycles. The van der Waals surface area contributed by atoms with E-state index in [1.54, 1.807) is 37.3 Å². The number of anilines is 1. The van der Waals surface area contributed by atoms with Gasteiger partial charge >= 0.3 is 5.91 Å². The molecule has 0 aliphatic carbocycles. The van der Waals surface area contributed by atoms with E-state index < -0.39 is 15.9 Å². The van der Waals surface area contributed by atoms with Crippen molar-refractivity contribution in [3.8, 4) is 0 Å². The summed E-state index contributed by atoms with van der Waals surface area (Å²) in [7, 11) is -3.31. The van der Waals surface area contributed by atoms with Gasteiger partial charge < -0.3 is 4.42 Å². The van der Waals surface area contributed by atoms with Crippen LogP contribution in [0.25, 0.3) is 0 Å². The van der Waals surface area contributed by atoms with Gasteiger partial charge in [-0.3, -0.25) is 9.52 Å². The molecule has 0 radical (unpaired) electrons. The maximum absolute atomic E-state index is 11.8. The first-order valence-electron chi connectivity index (χ1n) is 6.43. The van der Waals surface area contributed by atoms with Gasteiger partial charge in [0, 0.05) is 5.69 Å². The number of hydrogen-bond acceptors (Lipinski definition) is 5. The minimum atomic E-state index is -3.31. The first-order valence-corrected chi connectivity index (χ1v) is 9.11. The predicted molar refractivity (Wildman–Crippen MR) is 91.0 cm³/mol. The van der Waals surface area contributed by atoms with Crippen LogP contribution in [0, 0.1) is 0 Å². The number of hydrogen-bond donors (Lipinski definition) is 2. The van der Waals surface area contributed by atoms with Crippen LogP contribution in [0.1, 0.15) is 23.0 Å². The number of halogens is 1. The lowest BCUT2D eigenvalue weighted by atomic mass is 10.1. The number of carbonyl (C=O) groups excluding carboxylic acids is 1. The van der Waals surface area contributed by atoms with E-state index in [1.807, 2.05) is 0 Å². The van der Waals surface area contributed by atoms with E-state index in [1.165, 1.54) is 6.07 Å². The van der Waals surface area contributed by atoms with E-state index in [2.05, 4.69) is 31.2 Å². The zero-order valence-corrected chi connectivity index (χ0v) is 14.7. The molecule has 0 spiro atoms. The highest BCUT2D eigenvalue weighted by atomic mass is 79.9. The van der Waals surface area contributed by atoms with Crippen molar-refractivity contribution < 1.29 is 17.6 Å².